The maximum atomic E-state index is 14.0. The molecule has 0 N–H and O–H groups in total. The van der Waals surface area contributed by atoms with Crippen LogP contribution in [0.3, 0.4) is 0 Å². The van der Waals surface area contributed by atoms with E-state index in [4.69, 9.17) is 19.2 Å². The van der Waals surface area contributed by atoms with E-state index in [0.29, 0.717) is 32.1 Å². The molecular weight excluding hydrogens is 556 g/mol. The zero-order chi connectivity index (χ0) is 29.6. The van der Waals surface area contributed by atoms with Gasteiger partial charge >= 0.3 is 11.9 Å². The molecule has 4 aromatic rings. The van der Waals surface area contributed by atoms with Crippen molar-refractivity contribution in [2.75, 3.05) is 27.4 Å². The van der Waals surface area contributed by atoms with Gasteiger partial charge in [0.15, 0.2) is 11.4 Å². The third-order valence-electron chi connectivity index (χ3n) is 6.57. The first-order valence-electron chi connectivity index (χ1n) is 13.2. The molecule has 0 radical (unpaired) electrons. The first-order valence-corrected chi connectivity index (χ1v) is 14.0. The topological polar surface area (TPSA) is 105 Å². The number of methoxy groups -OCH3 is 2. The molecule has 0 amide bonds. The van der Waals surface area contributed by atoms with Crippen molar-refractivity contribution in [2.45, 2.75) is 13.0 Å². The number of esters is 2. The van der Waals surface area contributed by atoms with E-state index in [2.05, 4.69) is 4.74 Å². The molecule has 5 rings (SSSR count). The Morgan fingerprint density at radius 3 is 2.29 bits per heavy atom. The van der Waals surface area contributed by atoms with Gasteiger partial charge in [-0.05, 0) is 48.4 Å². The van der Waals surface area contributed by atoms with E-state index in [1.54, 1.807) is 61.1 Å². The van der Waals surface area contributed by atoms with Crippen LogP contribution in [0.5, 0.6) is 11.5 Å². The maximum absolute atomic E-state index is 14.0. The summed E-state index contributed by atoms with van der Waals surface area (Å²) in [6, 6.07) is 22.8. The lowest BCUT2D eigenvalue weighted by Gasteiger charge is -2.26. The molecule has 214 valence electrons. The zero-order valence-corrected chi connectivity index (χ0v) is 24.1. The van der Waals surface area contributed by atoms with Crippen LogP contribution in [0.1, 0.15) is 29.7 Å². The number of carbonyl (C=O) groups is 2. The summed E-state index contributed by atoms with van der Waals surface area (Å²) in [6.45, 7) is 1.71. The average Bonchev–Trinajstić information content (AvgIpc) is 3.34. The molecule has 0 spiro atoms. The fraction of sp³-hybridized carbons (Fsp3) is 0.188. The predicted molar refractivity (Wildman–Crippen MR) is 158 cm³/mol. The number of carbonyl (C=O) groups excluding carboxylic acids is 2. The van der Waals surface area contributed by atoms with Crippen LogP contribution in [0.4, 0.5) is 0 Å². The van der Waals surface area contributed by atoms with E-state index in [1.807, 2.05) is 42.5 Å². The molecule has 1 aromatic heterocycles. The van der Waals surface area contributed by atoms with E-state index in [-0.39, 0.29) is 24.3 Å². The molecule has 1 aliphatic heterocycles. The molecule has 0 saturated heterocycles. The van der Waals surface area contributed by atoms with Gasteiger partial charge < -0.3 is 18.9 Å². The van der Waals surface area contributed by atoms with Crippen molar-refractivity contribution in [3.8, 4) is 11.5 Å². The van der Waals surface area contributed by atoms with Crippen molar-refractivity contribution in [3.63, 3.8) is 0 Å². The molecule has 9 nitrogen and oxygen atoms in total. The standard InChI is InChI=1S/C32H28N2O7S/c1-4-40-31(37)27-28(21-8-6-5-7-9-21)33-32-34(29(27)22-12-16-23(38-2)17-13-22)30(36)25(42-32)18-20-10-14-24(15-11-20)41-19-26(35)39-3/h5-18,29H,4,19H2,1-3H3/b25-18-. The third kappa shape index (κ3) is 5.89. The van der Waals surface area contributed by atoms with Crippen molar-refractivity contribution >= 4 is 35.0 Å². The van der Waals surface area contributed by atoms with Gasteiger partial charge in [0, 0.05) is 5.56 Å². The fourth-order valence-electron chi connectivity index (χ4n) is 4.55. The van der Waals surface area contributed by atoms with Gasteiger partial charge in [0.2, 0.25) is 0 Å². The summed E-state index contributed by atoms with van der Waals surface area (Å²) >= 11 is 1.23. The fourth-order valence-corrected chi connectivity index (χ4v) is 5.56. The van der Waals surface area contributed by atoms with Crippen LogP contribution in [0.25, 0.3) is 11.8 Å². The number of ether oxygens (including phenoxy) is 4. The highest BCUT2D eigenvalue weighted by Crippen LogP contribution is 2.35. The second kappa shape index (κ2) is 12.7. The molecule has 1 aliphatic rings. The van der Waals surface area contributed by atoms with Crippen molar-refractivity contribution < 1.29 is 28.5 Å². The Morgan fingerprint density at radius 2 is 1.64 bits per heavy atom. The lowest BCUT2D eigenvalue weighted by molar-refractivity contribution is -0.143. The van der Waals surface area contributed by atoms with Crippen LogP contribution in [-0.2, 0) is 19.1 Å². The maximum Gasteiger partial charge on any atom is 0.343 e. The zero-order valence-electron chi connectivity index (χ0n) is 23.2. The Morgan fingerprint density at radius 1 is 0.952 bits per heavy atom. The predicted octanol–water partition coefficient (Wildman–Crippen LogP) is 3.50. The Bertz CT molecular complexity index is 1810. The van der Waals surface area contributed by atoms with Crippen LogP contribution >= 0.6 is 11.3 Å². The van der Waals surface area contributed by atoms with Crippen LogP contribution in [-0.4, -0.2) is 43.9 Å². The van der Waals surface area contributed by atoms with Crippen LogP contribution in [0, 0.1) is 0 Å². The second-order valence-corrected chi connectivity index (χ2v) is 10.1. The summed E-state index contributed by atoms with van der Waals surface area (Å²) in [7, 11) is 2.87. The number of aromatic nitrogens is 1. The molecule has 10 heteroatoms. The normalized spacial score (nSPS) is 14.5. The van der Waals surface area contributed by atoms with Gasteiger partial charge in [0.05, 0.1) is 42.7 Å². The Balaban J connectivity index is 1.67. The minimum absolute atomic E-state index is 0.170. The summed E-state index contributed by atoms with van der Waals surface area (Å²) in [5, 5.41) is 0. The summed E-state index contributed by atoms with van der Waals surface area (Å²) < 4.78 is 22.8. The SMILES string of the molecule is CCOC(=O)C1=C(c2ccccc2)N=c2s/c(=C\c3ccc(OCC(=O)OC)cc3)c(=O)n2C1c1ccc(OC)cc1. The molecule has 2 heterocycles. The molecule has 0 saturated carbocycles. The number of thiazole rings is 1. The molecule has 0 bridgehead atoms. The number of benzene rings is 3. The van der Waals surface area contributed by atoms with Crippen LogP contribution in [0.2, 0.25) is 0 Å². The van der Waals surface area contributed by atoms with Crippen LogP contribution in [0.15, 0.2) is 94.2 Å². The lowest BCUT2D eigenvalue weighted by atomic mass is 9.93. The van der Waals surface area contributed by atoms with Gasteiger partial charge in [0.25, 0.3) is 5.56 Å². The minimum Gasteiger partial charge on any atom is -0.497 e. The van der Waals surface area contributed by atoms with E-state index >= 15 is 0 Å². The van der Waals surface area contributed by atoms with Crippen molar-refractivity contribution in [3.05, 3.63) is 121 Å². The van der Waals surface area contributed by atoms with Gasteiger partial charge in [-0.2, -0.15) is 0 Å². The number of rotatable bonds is 9. The number of hydrogen-bond acceptors (Lipinski definition) is 9. The van der Waals surface area contributed by atoms with Gasteiger partial charge in [-0.3, -0.25) is 9.36 Å². The highest BCUT2D eigenvalue weighted by Gasteiger charge is 2.35. The first-order chi connectivity index (χ1) is 20.4. The Labute approximate surface area is 245 Å². The van der Waals surface area contributed by atoms with Gasteiger partial charge in [-0.15, -0.1) is 0 Å². The molecular formula is C32H28N2O7S. The van der Waals surface area contributed by atoms with E-state index < -0.39 is 18.0 Å². The quantitative estimate of drug-likeness (QED) is 0.277. The van der Waals surface area contributed by atoms with E-state index in [0.717, 1.165) is 11.1 Å². The first kappa shape index (κ1) is 28.6. The van der Waals surface area contributed by atoms with E-state index in [1.165, 1.54) is 18.4 Å². The van der Waals surface area contributed by atoms with Crippen molar-refractivity contribution in [2.24, 2.45) is 4.99 Å². The molecule has 42 heavy (non-hydrogen) atoms. The third-order valence-corrected chi connectivity index (χ3v) is 7.55. The summed E-state index contributed by atoms with van der Waals surface area (Å²) in [6.07, 6.45) is 1.76. The van der Waals surface area contributed by atoms with Crippen molar-refractivity contribution in [1.82, 2.24) is 4.57 Å². The smallest absolute Gasteiger partial charge is 0.343 e. The second-order valence-electron chi connectivity index (χ2n) is 9.14. The summed E-state index contributed by atoms with van der Waals surface area (Å²) in [4.78, 5) is 44.2. The summed E-state index contributed by atoms with van der Waals surface area (Å²) in [5.74, 6) is 0.113. The van der Waals surface area contributed by atoms with Crippen LogP contribution < -0.4 is 24.4 Å². The van der Waals surface area contributed by atoms with Crippen molar-refractivity contribution in [1.29, 1.82) is 0 Å². The largest absolute Gasteiger partial charge is 0.497 e. The Kier molecular flexibility index (Phi) is 8.63. The van der Waals surface area contributed by atoms with Gasteiger partial charge in [-0.25, -0.2) is 14.6 Å². The molecule has 3 aromatic carbocycles. The monoisotopic (exact) mass is 584 g/mol. The van der Waals surface area contributed by atoms with E-state index in [9.17, 15) is 14.4 Å². The van der Waals surface area contributed by atoms with Gasteiger partial charge in [-0.1, -0.05) is 65.9 Å². The highest BCUT2D eigenvalue weighted by molar-refractivity contribution is 7.07. The molecule has 1 atom stereocenters. The average molecular weight is 585 g/mol. The molecule has 1 unspecified atom stereocenters. The summed E-state index contributed by atoms with van der Waals surface area (Å²) in [5.41, 5.74) is 2.63. The minimum atomic E-state index is -0.780. The molecule has 0 aliphatic carbocycles. The highest BCUT2D eigenvalue weighted by atomic mass is 32.1. The number of hydrogen-bond donors (Lipinski definition) is 0. The van der Waals surface area contributed by atoms with Gasteiger partial charge in [0.1, 0.15) is 11.5 Å². The Hall–Kier alpha value is -4.96. The lowest BCUT2D eigenvalue weighted by Crippen LogP contribution is -2.40. The molecule has 0 fully saturated rings. The number of fused-ring (bicyclic) bond motifs is 1. The number of nitrogens with zero attached hydrogens (tertiary/aromatic N) is 2.